The van der Waals surface area contributed by atoms with Gasteiger partial charge in [0.2, 0.25) is 5.91 Å². The van der Waals surface area contributed by atoms with Crippen LogP contribution in [0.5, 0.6) is 0 Å². The fourth-order valence-corrected chi connectivity index (χ4v) is 3.09. The lowest BCUT2D eigenvalue weighted by atomic mass is 9.87. The minimum Gasteiger partial charge on any atom is -0.368 e. The second kappa shape index (κ2) is 7.25. The van der Waals surface area contributed by atoms with Crippen LogP contribution < -0.4 is 5.32 Å². The predicted octanol–water partition coefficient (Wildman–Crippen LogP) is 1.79. The monoisotopic (exact) mass is 268 g/mol. The Morgan fingerprint density at radius 2 is 1.79 bits per heavy atom. The van der Waals surface area contributed by atoms with Crippen molar-refractivity contribution in [3.8, 4) is 0 Å². The van der Waals surface area contributed by atoms with Crippen molar-refractivity contribution in [2.75, 3.05) is 26.7 Å². The summed E-state index contributed by atoms with van der Waals surface area (Å²) in [5.41, 5.74) is 0. The third-order valence-corrected chi connectivity index (χ3v) is 4.66. The zero-order chi connectivity index (χ0) is 13.7. The first-order chi connectivity index (χ1) is 9.16. The highest BCUT2D eigenvalue weighted by atomic mass is 16.5. The summed E-state index contributed by atoms with van der Waals surface area (Å²) in [6, 6.07) is 0.431. The van der Waals surface area contributed by atoms with Gasteiger partial charge in [-0.15, -0.1) is 0 Å². The summed E-state index contributed by atoms with van der Waals surface area (Å²) in [6.45, 7) is 4.58. The van der Waals surface area contributed by atoms with E-state index in [2.05, 4.69) is 12.2 Å². The molecule has 0 aromatic rings. The highest BCUT2D eigenvalue weighted by Gasteiger charge is 2.25. The quantitative estimate of drug-likeness (QED) is 0.845. The Hall–Kier alpha value is -0.610. The fraction of sp³-hybridized carbons (Fsp3) is 0.933. The number of piperidine rings is 1. The van der Waals surface area contributed by atoms with Crippen molar-refractivity contribution in [3.05, 3.63) is 0 Å². The van der Waals surface area contributed by atoms with E-state index in [4.69, 9.17) is 4.74 Å². The van der Waals surface area contributed by atoms with Crippen LogP contribution in [0.25, 0.3) is 0 Å². The molecule has 110 valence electrons. The third kappa shape index (κ3) is 4.46. The summed E-state index contributed by atoms with van der Waals surface area (Å²) >= 11 is 0. The Kier molecular flexibility index (Phi) is 5.64. The lowest BCUT2D eigenvalue weighted by Crippen LogP contribution is -2.42. The largest absolute Gasteiger partial charge is 0.368 e. The summed E-state index contributed by atoms with van der Waals surface area (Å²) in [5.74, 6) is 0.976. The zero-order valence-electron chi connectivity index (χ0n) is 12.4. The van der Waals surface area contributed by atoms with Gasteiger partial charge in [-0.05, 0) is 57.5 Å². The summed E-state index contributed by atoms with van der Waals surface area (Å²) in [6.07, 6.45) is 7.11. The van der Waals surface area contributed by atoms with Crippen LogP contribution in [-0.4, -0.2) is 49.7 Å². The molecule has 1 amide bonds. The maximum Gasteiger partial charge on any atom is 0.248 e. The van der Waals surface area contributed by atoms with E-state index in [1.807, 2.05) is 11.9 Å². The Labute approximate surface area is 116 Å². The number of nitrogens with one attached hydrogen (secondary N) is 1. The van der Waals surface area contributed by atoms with Gasteiger partial charge in [0.15, 0.2) is 0 Å². The minimum absolute atomic E-state index is 0.151. The molecule has 0 spiro atoms. The first-order valence-electron chi connectivity index (χ1n) is 7.75. The lowest BCUT2D eigenvalue weighted by molar-refractivity contribution is -0.140. The van der Waals surface area contributed by atoms with Crippen LogP contribution in [0.4, 0.5) is 0 Å². The molecule has 0 radical (unpaired) electrons. The van der Waals surface area contributed by atoms with Crippen LogP contribution in [0.2, 0.25) is 0 Å². The average molecular weight is 268 g/mol. The molecule has 4 nitrogen and oxygen atoms in total. The molecular formula is C15H28N2O2. The highest BCUT2D eigenvalue weighted by molar-refractivity contribution is 5.77. The molecule has 1 aliphatic carbocycles. The van der Waals surface area contributed by atoms with Gasteiger partial charge in [-0.3, -0.25) is 4.79 Å². The number of amides is 1. The van der Waals surface area contributed by atoms with Crippen molar-refractivity contribution in [1.82, 2.24) is 10.2 Å². The maximum absolute atomic E-state index is 12.2. The number of nitrogens with zero attached hydrogens (tertiary/aromatic N) is 1. The molecule has 4 heteroatoms. The Balaban J connectivity index is 1.69. The van der Waals surface area contributed by atoms with Crippen LogP contribution in [-0.2, 0) is 9.53 Å². The Morgan fingerprint density at radius 1 is 1.16 bits per heavy atom. The topological polar surface area (TPSA) is 41.6 Å². The van der Waals surface area contributed by atoms with Crippen LogP contribution in [0.3, 0.4) is 0 Å². The zero-order valence-corrected chi connectivity index (χ0v) is 12.4. The van der Waals surface area contributed by atoms with E-state index in [0.29, 0.717) is 6.04 Å². The van der Waals surface area contributed by atoms with Crippen LogP contribution in [0.1, 0.15) is 45.4 Å². The summed E-state index contributed by atoms with van der Waals surface area (Å²) in [7, 11) is 1.94. The summed E-state index contributed by atoms with van der Waals surface area (Å²) < 4.78 is 5.75. The molecule has 1 saturated heterocycles. The number of likely N-dealkylation sites (N-methyl/N-ethyl adjacent to an activating group) is 1. The molecule has 1 saturated carbocycles. The van der Waals surface area contributed by atoms with Crippen molar-refractivity contribution in [2.24, 2.45) is 5.92 Å². The third-order valence-electron chi connectivity index (χ3n) is 4.66. The van der Waals surface area contributed by atoms with E-state index in [0.717, 1.165) is 44.7 Å². The van der Waals surface area contributed by atoms with Crippen molar-refractivity contribution >= 4 is 5.91 Å². The standard InChI is InChI=1S/C15H28N2O2/c1-12-3-5-13(6-4-12)17(2)15(18)11-19-14-7-9-16-10-8-14/h12-14,16H,3-11H2,1-2H3. The van der Waals surface area contributed by atoms with Crippen LogP contribution in [0, 0.1) is 5.92 Å². The summed E-state index contributed by atoms with van der Waals surface area (Å²) in [4.78, 5) is 14.1. The number of rotatable bonds is 4. The van der Waals surface area contributed by atoms with Crippen molar-refractivity contribution in [3.63, 3.8) is 0 Å². The molecule has 0 atom stereocenters. The molecule has 0 bridgehead atoms. The first kappa shape index (κ1) is 14.8. The van der Waals surface area contributed by atoms with Gasteiger partial charge in [-0.2, -0.15) is 0 Å². The van der Waals surface area contributed by atoms with Crippen LogP contribution >= 0.6 is 0 Å². The molecule has 1 aliphatic heterocycles. The second-order valence-electron chi connectivity index (χ2n) is 6.18. The normalized spacial score (nSPS) is 29.2. The Bertz CT molecular complexity index is 282. The van der Waals surface area contributed by atoms with Gasteiger partial charge in [0.25, 0.3) is 0 Å². The van der Waals surface area contributed by atoms with Gasteiger partial charge in [-0.1, -0.05) is 6.92 Å². The number of hydrogen-bond donors (Lipinski definition) is 1. The summed E-state index contributed by atoms with van der Waals surface area (Å²) in [5, 5.41) is 3.31. The molecule has 0 aromatic carbocycles. The molecule has 0 unspecified atom stereocenters. The van der Waals surface area contributed by atoms with Gasteiger partial charge >= 0.3 is 0 Å². The van der Waals surface area contributed by atoms with Crippen LogP contribution in [0.15, 0.2) is 0 Å². The van der Waals surface area contributed by atoms with Crippen molar-refractivity contribution in [2.45, 2.75) is 57.6 Å². The molecule has 0 aromatic heterocycles. The fourth-order valence-electron chi connectivity index (χ4n) is 3.09. The van der Waals surface area contributed by atoms with Gasteiger partial charge in [0, 0.05) is 13.1 Å². The highest BCUT2D eigenvalue weighted by Crippen LogP contribution is 2.26. The Morgan fingerprint density at radius 3 is 2.42 bits per heavy atom. The van der Waals surface area contributed by atoms with E-state index >= 15 is 0 Å². The molecule has 1 heterocycles. The number of carbonyl (C=O) groups is 1. The first-order valence-corrected chi connectivity index (χ1v) is 7.75. The average Bonchev–Trinajstić information content (AvgIpc) is 2.46. The number of ether oxygens (including phenoxy) is 1. The predicted molar refractivity (Wildman–Crippen MR) is 76.0 cm³/mol. The van der Waals surface area contributed by atoms with Crippen molar-refractivity contribution in [1.29, 1.82) is 0 Å². The number of carbonyl (C=O) groups excluding carboxylic acids is 1. The van der Waals surface area contributed by atoms with E-state index < -0.39 is 0 Å². The number of hydrogen-bond acceptors (Lipinski definition) is 3. The minimum atomic E-state index is 0.151. The van der Waals surface area contributed by atoms with Gasteiger partial charge in [0.1, 0.15) is 6.61 Å². The van der Waals surface area contributed by atoms with E-state index in [9.17, 15) is 4.79 Å². The van der Waals surface area contributed by atoms with Crippen molar-refractivity contribution < 1.29 is 9.53 Å². The SMILES string of the molecule is CC1CCC(N(C)C(=O)COC2CCNCC2)CC1. The van der Waals surface area contributed by atoms with Gasteiger partial charge < -0.3 is 15.0 Å². The molecule has 19 heavy (non-hydrogen) atoms. The lowest BCUT2D eigenvalue weighted by Gasteiger charge is -2.34. The molecule has 2 fully saturated rings. The van der Waals surface area contributed by atoms with Gasteiger partial charge in [0.05, 0.1) is 6.10 Å². The maximum atomic E-state index is 12.2. The second-order valence-corrected chi connectivity index (χ2v) is 6.18. The molecule has 2 aliphatic rings. The molecule has 1 N–H and O–H groups in total. The molecule has 2 rings (SSSR count). The van der Waals surface area contributed by atoms with E-state index in [1.165, 1.54) is 12.8 Å². The molecular weight excluding hydrogens is 240 g/mol. The van der Waals surface area contributed by atoms with E-state index in [-0.39, 0.29) is 18.6 Å². The van der Waals surface area contributed by atoms with Gasteiger partial charge in [-0.25, -0.2) is 0 Å². The smallest absolute Gasteiger partial charge is 0.248 e. The van der Waals surface area contributed by atoms with E-state index in [1.54, 1.807) is 0 Å².